The van der Waals surface area contributed by atoms with Gasteiger partial charge in [0, 0.05) is 51.0 Å². The summed E-state index contributed by atoms with van der Waals surface area (Å²) >= 11 is 0. The van der Waals surface area contributed by atoms with Crippen LogP contribution in [0.25, 0.3) is 0 Å². The zero-order chi connectivity index (χ0) is 19.8. The molecule has 1 saturated heterocycles. The summed E-state index contributed by atoms with van der Waals surface area (Å²) in [5.74, 6) is 1.02. The molecule has 150 valence electrons. The van der Waals surface area contributed by atoms with Crippen molar-refractivity contribution in [1.82, 2.24) is 4.90 Å². The minimum atomic E-state index is -0.149. The number of hydrogen-bond donors (Lipinski definition) is 2. The number of methoxy groups -OCH3 is 1. The second kappa shape index (κ2) is 9.94. The maximum Gasteiger partial charge on any atom is 0.193 e. The molecule has 1 aliphatic rings. The van der Waals surface area contributed by atoms with Crippen LogP contribution in [-0.2, 0) is 0 Å². The van der Waals surface area contributed by atoms with Crippen molar-refractivity contribution in [3.8, 4) is 5.75 Å². The first-order valence-electron chi connectivity index (χ1n) is 9.58. The SMILES string of the molecule is COc1cccc(NC(N)=NCCCN2CCN(c3ccccc3F)CC2)c1. The predicted molar refractivity (Wildman–Crippen MR) is 113 cm³/mol. The fraction of sp³-hybridized carbons (Fsp3) is 0.381. The molecule has 0 amide bonds. The third kappa shape index (κ3) is 5.60. The van der Waals surface area contributed by atoms with Gasteiger partial charge in [0.25, 0.3) is 0 Å². The highest BCUT2D eigenvalue weighted by Crippen LogP contribution is 2.20. The van der Waals surface area contributed by atoms with Gasteiger partial charge in [-0.05, 0) is 30.7 Å². The van der Waals surface area contributed by atoms with Gasteiger partial charge in [0.2, 0.25) is 0 Å². The van der Waals surface area contributed by atoms with Crippen molar-refractivity contribution in [2.75, 3.05) is 56.6 Å². The average Bonchev–Trinajstić information content (AvgIpc) is 2.72. The molecule has 3 rings (SSSR count). The summed E-state index contributed by atoms with van der Waals surface area (Å²) in [4.78, 5) is 8.89. The molecule has 0 aromatic heterocycles. The van der Waals surface area contributed by atoms with Crippen LogP contribution in [0.5, 0.6) is 5.75 Å². The number of aliphatic imine (C=N–C) groups is 1. The Morgan fingerprint density at radius 2 is 1.93 bits per heavy atom. The van der Waals surface area contributed by atoms with E-state index < -0.39 is 0 Å². The van der Waals surface area contributed by atoms with Gasteiger partial charge in [-0.15, -0.1) is 0 Å². The Morgan fingerprint density at radius 3 is 2.68 bits per heavy atom. The summed E-state index contributed by atoms with van der Waals surface area (Å²) in [5, 5.41) is 3.08. The van der Waals surface area contributed by atoms with Gasteiger partial charge in [-0.1, -0.05) is 18.2 Å². The lowest BCUT2D eigenvalue weighted by molar-refractivity contribution is 0.256. The molecule has 0 spiro atoms. The number of guanidine groups is 1. The minimum absolute atomic E-state index is 0.149. The highest BCUT2D eigenvalue weighted by Gasteiger charge is 2.18. The van der Waals surface area contributed by atoms with E-state index in [0.29, 0.717) is 18.2 Å². The van der Waals surface area contributed by atoms with E-state index in [0.717, 1.165) is 50.6 Å². The molecular formula is C21H28FN5O. The van der Waals surface area contributed by atoms with E-state index in [-0.39, 0.29) is 5.82 Å². The van der Waals surface area contributed by atoms with Crippen LogP contribution in [0.15, 0.2) is 53.5 Å². The zero-order valence-electron chi connectivity index (χ0n) is 16.3. The molecule has 0 bridgehead atoms. The number of benzene rings is 2. The summed E-state index contributed by atoms with van der Waals surface area (Å²) in [6, 6.07) is 14.5. The van der Waals surface area contributed by atoms with Gasteiger partial charge >= 0.3 is 0 Å². The van der Waals surface area contributed by atoms with Gasteiger partial charge in [-0.25, -0.2) is 4.39 Å². The van der Waals surface area contributed by atoms with Crippen LogP contribution in [-0.4, -0.2) is 57.2 Å². The zero-order valence-corrected chi connectivity index (χ0v) is 16.3. The topological polar surface area (TPSA) is 66.1 Å². The highest BCUT2D eigenvalue weighted by atomic mass is 19.1. The summed E-state index contributed by atoms with van der Waals surface area (Å²) in [6.45, 7) is 5.15. The number of nitrogens with zero attached hydrogens (tertiary/aromatic N) is 3. The predicted octanol–water partition coefficient (Wildman–Crippen LogP) is 2.77. The Hall–Kier alpha value is -2.80. The molecule has 7 heteroatoms. The maximum atomic E-state index is 13.9. The van der Waals surface area contributed by atoms with Crippen molar-refractivity contribution < 1.29 is 9.13 Å². The molecule has 0 unspecified atom stereocenters. The Balaban J connectivity index is 1.37. The third-order valence-electron chi connectivity index (χ3n) is 4.82. The number of hydrogen-bond acceptors (Lipinski definition) is 4. The number of anilines is 2. The van der Waals surface area contributed by atoms with Crippen molar-refractivity contribution >= 4 is 17.3 Å². The molecule has 0 saturated carbocycles. The Morgan fingerprint density at radius 1 is 1.14 bits per heavy atom. The molecule has 0 aliphatic carbocycles. The van der Waals surface area contributed by atoms with Crippen LogP contribution >= 0.6 is 0 Å². The summed E-state index contributed by atoms with van der Waals surface area (Å²) in [7, 11) is 1.63. The molecule has 2 aromatic rings. The first-order chi connectivity index (χ1) is 13.7. The van der Waals surface area contributed by atoms with Crippen LogP contribution in [0.4, 0.5) is 15.8 Å². The fourth-order valence-corrected chi connectivity index (χ4v) is 3.30. The molecule has 1 fully saturated rings. The van der Waals surface area contributed by atoms with Crippen molar-refractivity contribution in [1.29, 1.82) is 0 Å². The second-order valence-corrected chi connectivity index (χ2v) is 6.76. The van der Waals surface area contributed by atoms with Crippen molar-refractivity contribution in [3.05, 3.63) is 54.3 Å². The van der Waals surface area contributed by atoms with E-state index in [1.165, 1.54) is 6.07 Å². The number of para-hydroxylation sites is 1. The Labute approximate surface area is 165 Å². The van der Waals surface area contributed by atoms with E-state index in [2.05, 4.69) is 20.1 Å². The second-order valence-electron chi connectivity index (χ2n) is 6.76. The van der Waals surface area contributed by atoms with Gasteiger partial charge in [-0.3, -0.25) is 9.89 Å². The molecular weight excluding hydrogens is 357 g/mol. The lowest BCUT2D eigenvalue weighted by atomic mass is 10.2. The molecule has 1 heterocycles. The van der Waals surface area contributed by atoms with Crippen LogP contribution in [0, 0.1) is 5.82 Å². The molecule has 28 heavy (non-hydrogen) atoms. The molecule has 0 radical (unpaired) electrons. The van der Waals surface area contributed by atoms with E-state index in [4.69, 9.17) is 10.5 Å². The lowest BCUT2D eigenvalue weighted by Crippen LogP contribution is -2.47. The fourth-order valence-electron chi connectivity index (χ4n) is 3.30. The average molecular weight is 385 g/mol. The van der Waals surface area contributed by atoms with Crippen LogP contribution < -0.4 is 20.7 Å². The number of nitrogens with one attached hydrogen (secondary N) is 1. The van der Waals surface area contributed by atoms with Gasteiger partial charge in [0.15, 0.2) is 5.96 Å². The van der Waals surface area contributed by atoms with Gasteiger partial charge in [0.05, 0.1) is 12.8 Å². The van der Waals surface area contributed by atoms with E-state index in [1.807, 2.05) is 36.4 Å². The largest absolute Gasteiger partial charge is 0.497 e. The smallest absolute Gasteiger partial charge is 0.193 e. The molecule has 6 nitrogen and oxygen atoms in total. The number of ether oxygens (including phenoxy) is 1. The van der Waals surface area contributed by atoms with Gasteiger partial charge < -0.3 is 20.7 Å². The highest BCUT2D eigenvalue weighted by molar-refractivity contribution is 5.92. The quantitative estimate of drug-likeness (QED) is 0.436. The lowest BCUT2D eigenvalue weighted by Gasteiger charge is -2.36. The molecule has 3 N–H and O–H groups in total. The molecule has 0 atom stereocenters. The molecule has 1 aliphatic heterocycles. The first-order valence-corrected chi connectivity index (χ1v) is 9.58. The van der Waals surface area contributed by atoms with Crippen molar-refractivity contribution in [2.45, 2.75) is 6.42 Å². The third-order valence-corrected chi connectivity index (χ3v) is 4.82. The normalized spacial score (nSPS) is 15.5. The van der Waals surface area contributed by atoms with Crippen LogP contribution in [0.1, 0.15) is 6.42 Å². The summed E-state index contributed by atoms with van der Waals surface area (Å²) < 4.78 is 19.1. The van der Waals surface area contributed by atoms with E-state index in [1.54, 1.807) is 13.2 Å². The maximum absolute atomic E-state index is 13.9. The standard InChI is InChI=1S/C21H28FN5O/c1-28-18-7-4-6-17(16-18)25-21(23)24-10-5-11-26-12-14-27(15-13-26)20-9-3-2-8-19(20)22/h2-4,6-9,16H,5,10-15H2,1H3,(H3,23,24,25). The van der Waals surface area contributed by atoms with E-state index >= 15 is 0 Å². The Bertz CT molecular complexity index is 790. The Kier molecular flexibility index (Phi) is 7.08. The van der Waals surface area contributed by atoms with Crippen molar-refractivity contribution in [2.24, 2.45) is 10.7 Å². The van der Waals surface area contributed by atoms with Crippen LogP contribution in [0.3, 0.4) is 0 Å². The van der Waals surface area contributed by atoms with Crippen molar-refractivity contribution in [3.63, 3.8) is 0 Å². The summed E-state index contributed by atoms with van der Waals surface area (Å²) in [6.07, 6.45) is 0.931. The summed E-state index contributed by atoms with van der Waals surface area (Å²) in [5.41, 5.74) is 7.50. The first kappa shape index (κ1) is 19.9. The molecule has 2 aromatic carbocycles. The van der Waals surface area contributed by atoms with E-state index in [9.17, 15) is 4.39 Å². The van der Waals surface area contributed by atoms with Gasteiger partial charge in [0.1, 0.15) is 11.6 Å². The number of halogens is 1. The number of nitrogens with two attached hydrogens (primary N) is 1. The monoisotopic (exact) mass is 385 g/mol. The van der Waals surface area contributed by atoms with Crippen LogP contribution in [0.2, 0.25) is 0 Å². The minimum Gasteiger partial charge on any atom is -0.497 e. The number of rotatable bonds is 7. The number of piperazine rings is 1. The van der Waals surface area contributed by atoms with Gasteiger partial charge in [-0.2, -0.15) is 0 Å².